The van der Waals surface area contributed by atoms with E-state index in [0.717, 1.165) is 81.2 Å². The monoisotopic (exact) mass is 1140 g/mol. The van der Waals surface area contributed by atoms with E-state index in [1.165, 1.54) is 5.56 Å². The maximum atomic E-state index is 12.6. The van der Waals surface area contributed by atoms with E-state index in [1.54, 1.807) is 36.4 Å². The topological polar surface area (TPSA) is 195 Å². The average molecular weight is 1140 g/mol. The fourth-order valence-electron chi connectivity index (χ4n) is 8.71. The minimum Gasteiger partial charge on any atom is -0.497 e. The number of carbonyl (C=O) groups excluding carboxylic acids is 2. The van der Waals surface area contributed by atoms with E-state index in [-0.39, 0.29) is 24.3 Å². The van der Waals surface area contributed by atoms with Crippen molar-refractivity contribution in [1.82, 2.24) is 39.3 Å². The number of likely N-dealkylation sites (tertiary alicyclic amines) is 2. The molecule has 2 fully saturated rings. The Morgan fingerprint density at radius 2 is 1.03 bits per heavy atom. The van der Waals surface area contributed by atoms with Crippen LogP contribution in [0.3, 0.4) is 0 Å². The van der Waals surface area contributed by atoms with Crippen LogP contribution in [0.2, 0.25) is 0 Å². The molecule has 2 aliphatic rings. The number of methoxy groups -OCH3 is 2. The molecule has 2 atom stereocenters. The lowest BCUT2D eigenvalue weighted by Crippen LogP contribution is -2.36. The summed E-state index contributed by atoms with van der Waals surface area (Å²) in [7, 11) is 3.31. The Bertz CT molecular complexity index is 3320. The normalized spacial score (nSPS) is 15.2. The van der Waals surface area contributed by atoms with Gasteiger partial charge in [0.1, 0.15) is 55.7 Å². The van der Waals surface area contributed by atoms with Crippen LogP contribution >= 0.6 is 15.9 Å². The van der Waals surface area contributed by atoms with Gasteiger partial charge in [0, 0.05) is 62.8 Å². The quantitative estimate of drug-likeness (QED) is 0.117. The summed E-state index contributed by atoms with van der Waals surface area (Å²) in [6.45, 7) is 18.9. The van der Waals surface area contributed by atoms with Crippen molar-refractivity contribution in [3.05, 3.63) is 148 Å². The van der Waals surface area contributed by atoms with E-state index in [1.807, 2.05) is 174 Å². The molecule has 0 aliphatic carbocycles. The SMILES string of the molecule is CC(C)(C)OC(=O)N1CC[C@@H](N)C1.COc1ccc(Cn2nc(Br)c3c(Oc4ccc(C)cc4)ccnc32)cc1.COc1ccc(Cn2nc(N[C@@H]3CCN(C(=O)OC(C)(C)C)C3)c3c(Oc4ccc(C)cc4)ccnc32)cc1. The summed E-state index contributed by atoms with van der Waals surface area (Å²) in [5.41, 5.74) is 10.7. The van der Waals surface area contributed by atoms with E-state index in [4.69, 9.17) is 39.3 Å². The summed E-state index contributed by atoms with van der Waals surface area (Å²) in [4.78, 5) is 36.7. The van der Waals surface area contributed by atoms with Crippen LogP contribution in [-0.2, 0) is 22.6 Å². The van der Waals surface area contributed by atoms with Crippen LogP contribution in [0.4, 0.5) is 15.4 Å². The van der Waals surface area contributed by atoms with Gasteiger partial charge >= 0.3 is 12.2 Å². The number of aryl methyl sites for hydroxylation is 2. The molecule has 0 radical (unpaired) electrons. The third kappa shape index (κ3) is 15.7. The zero-order valence-corrected chi connectivity index (χ0v) is 48.2. The van der Waals surface area contributed by atoms with E-state index >= 15 is 0 Å². The minimum atomic E-state index is -0.535. The highest BCUT2D eigenvalue weighted by molar-refractivity contribution is 9.10. The molecule has 18 nitrogen and oxygen atoms in total. The van der Waals surface area contributed by atoms with Crippen molar-refractivity contribution in [1.29, 1.82) is 0 Å². The van der Waals surface area contributed by atoms with E-state index < -0.39 is 11.2 Å². The Morgan fingerprint density at radius 1 is 0.595 bits per heavy atom. The number of nitrogens with zero attached hydrogens (tertiary/aromatic N) is 8. The number of fused-ring (bicyclic) bond motifs is 2. The summed E-state index contributed by atoms with van der Waals surface area (Å²) < 4.78 is 38.1. The number of halogens is 1. The molecule has 3 N–H and O–H groups in total. The first-order valence-electron chi connectivity index (χ1n) is 26.3. The van der Waals surface area contributed by atoms with Gasteiger partial charge in [-0.15, -0.1) is 0 Å². The van der Waals surface area contributed by atoms with Gasteiger partial charge in [-0.05, 0) is 144 Å². The Hall–Kier alpha value is -7.90. The van der Waals surface area contributed by atoms with Gasteiger partial charge < -0.3 is 49.3 Å². The minimum absolute atomic E-state index is 0.0116. The summed E-state index contributed by atoms with van der Waals surface area (Å²) in [5, 5.41) is 14.8. The second-order valence-corrected chi connectivity index (χ2v) is 22.3. The largest absolute Gasteiger partial charge is 0.497 e. The molecule has 19 heteroatoms. The Labute approximate surface area is 470 Å². The fourth-order valence-corrected chi connectivity index (χ4v) is 9.27. The first-order chi connectivity index (χ1) is 37.7. The molecule has 8 aromatic rings. The molecule has 10 rings (SSSR count). The van der Waals surface area contributed by atoms with Gasteiger partial charge in [0.25, 0.3) is 0 Å². The Balaban J connectivity index is 0.000000177. The van der Waals surface area contributed by atoms with Gasteiger partial charge in [0.05, 0.1) is 32.7 Å². The molecule has 2 aliphatic heterocycles. The van der Waals surface area contributed by atoms with Gasteiger partial charge in [-0.2, -0.15) is 10.2 Å². The maximum absolute atomic E-state index is 12.6. The van der Waals surface area contributed by atoms with E-state index in [2.05, 4.69) is 36.3 Å². The highest BCUT2D eigenvalue weighted by atomic mass is 79.9. The number of amides is 2. The number of anilines is 1. The summed E-state index contributed by atoms with van der Waals surface area (Å²) >= 11 is 3.56. The van der Waals surface area contributed by atoms with Crippen LogP contribution in [0, 0.1) is 13.8 Å². The summed E-state index contributed by atoms with van der Waals surface area (Å²) in [6, 6.07) is 35.6. The maximum Gasteiger partial charge on any atom is 0.410 e. The molecule has 2 saturated heterocycles. The van der Waals surface area contributed by atoms with Crippen molar-refractivity contribution in [2.45, 2.75) is 105 Å². The van der Waals surface area contributed by atoms with Crippen LogP contribution in [0.1, 0.15) is 76.6 Å². The van der Waals surface area contributed by atoms with Crippen LogP contribution in [0.5, 0.6) is 34.5 Å². The molecule has 0 saturated carbocycles. The number of nitrogens with one attached hydrogen (secondary N) is 1. The Kier molecular flexibility index (Phi) is 18.3. The standard InChI is InChI=1S/C30H35N5O4.C21H18BrN3O2.C9H18N2O2/c1-20-6-10-24(11-7-20)38-25-14-16-31-28-26(25)27(33-35(28)18-21-8-12-23(37-5)13-9-21)32-22-15-17-34(19-22)29(36)39-30(2,3)4;1-14-3-7-17(8-4-14)27-18-11-12-23-21-19(18)20(22)24-25(21)13-15-5-9-16(26-2)10-6-15;1-9(2,3)13-8(12)11-5-4-7(10)6-11/h6-14,16,22H,15,17-19H2,1-5H3,(H,32,33);3-12H,13H2,1-2H3;7H,4-6,10H2,1-3H3/t22-;;7-/m1.1/s1. The lowest BCUT2D eigenvalue weighted by Gasteiger charge is -2.24. The van der Waals surface area contributed by atoms with E-state index in [9.17, 15) is 9.59 Å². The van der Waals surface area contributed by atoms with E-state index in [0.29, 0.717) is 54.5 Å². The first kappa shape index (κ1) is 57.3. The molecule has 0 spiro atoms. The number of ether oxygens (including phenoxy) is 6. The number of benzene rings is 4. The van der Waals surface area contributed by atoms with Crippen LogP contribution < -0.4 is 30.0 Å². The van der Waals surface area contributed by atoms with Crippen LogP contribution in [0.25, 0.3) is 22.1 Å². The van der Waals surface area contributed by atoms with Crippen molar-refractivity contribution >= 4 is 56.0 Å². The molecular formula is C60H71BrN10O8. The lowest BCUT2D eigenvalue weighted by molar-refractivity contribution is 0.0282. The third-order valence-electron chi connectivity index (χ3n) is 12.7. The van der Waals surface area contributed by atoms with Crippen molar-refractivity contribution in [3.8, 4) is 34.5 Å². The number of nitrogens with two attached hydrogens (primary N) is 1. The molecule has 2 amide bonds. The lowest BCUT2D eigenvalue weighted by atomic mass is 10.2. The second kappa shape index (κ2) is 25.3. The van der Waals surface area contributed by atoms with Crippen LogP contribution in [-0.4, -0.2) is 115 Å². The molecule has 4 aromatic carbocycles. The first-order valence-corrected chi connectivity index (χ1v) is 27.1. The summed E-state index contributed by atoms with van der Waals surface area (Å²) in [5.74, 6) is 5.20. The number of rotatable bonds is 12. The van der Waals surface area contributed by atoms with Gasteiger partial charge in [-0.3, -0.25) is 0 Å². The fraction of sp³-hybridized carbons (Fsp3) is 0.367. The van der Waals surface area contributed by atoms with Crippen molar-refractivity contribution in [3.63, 3.8) is 0 Å². The molecular weight excluding hydrogens is 1070 g/mol. The molecule has 0 bridgehead atoms. The van der Waals surface area contributed by atoms with Crippen molar-refractivity contribution < 1.29 is 38.0 Å². The molecule has 4 aromatic heterocycles. The predicted molar refractivity (Wildman–Crippen MR) is 310 cm³/mol. The smallest absolute Gasteiger partial charge is 0.410 e. The van der Waals surface area contributed by atoms with Gasteiger partial charge in [0.15, 0.2) is 17.1 Å². The summed E-state index contributed by atoms with van der Waals surface area (Å²) in [6.07, 6.45) is 4.58. The zero-order chi connectivity index (χ0) is 56.4. The Morgan fingerprint density at radius 3 is 1.48 bits per heavy atom. The van der Waals surface area contributed by atoms with Crippen molar-refractivity contribution in [2.75, 3.05) is 45.7 Å². The third-order valence-corrected chi connectivity index (χ3v) is 13.2. The van der Waals surface area contributed by atoms with Gasteiger partial charge in [-0.25, -0.2) is 28.9 Å². The molecule has 416 valence electrons. The average Bonchev–Trinajstić information content (AvgIpc) is 4.30. The highest BCUT2D eigenvalue weighted by Gasteiger charge is 2.32. The number of carbonyl (C=O) groups is 2. The van der Waals surface area contributed by atoms with Crippen LogP contribution in [0.15, 0.2) is 126 Å². The number of aromatic nitrogens is 6. The zero-order valence-electron chi connectivity index (χ0n) is 46.7. The predicted octanol–water partition coefficient (Wildman–Crippen LogP) is 12.3. The molecule has 0 unspecified atom stereocenters. The number of pyridine rings is 2. The number of hydrogen-bond donors (Lipinski definition) is 2. The van der Waals surface area contributed by atoms with Crippen molar-refractivity contribution in [2.24, 2.45) is 5.73 Å². The molecule has 6 heterocycles. The van der Waals surface area contributed by atoms with Gasteiger partial charge in [0.2, 0.25) is 0 Å². The number of hydrogen-bond acceptors (Lipinski definition) is 14. The molecule has 79 heavy (non-hydrogen) atoms. The van der Waals surface area contributed by atoms with Gasteiger partial charge in [-0.1, -0.05) is 59.7 Å². The second-order valence-electron chi connectivity index (χ2n) is 21.5. The highest BCUT2D eigenvalue weighted by Crippen LogP contribution is 2.37.